The number of nitrogens with one attached hydrogen (secondary N) is 1. The van der Waals surface area contributed by atoms with E-state index in [1.807, 2.05) is 11.3 Å². The zero-order valence-electron chi connectivity index (χ0n) is 31.4. The van der Waals surface area contributed by atoms with Crippen molar-refractivity contribution in [1.29, 1.82) is 0 Å². The van der Waals surface area contributed by atoms with Crippen LogP contribution in [0.3, 0.4) is 0 Å². The van der Waals surface area contributed by atoms with Crippen LogP contribution in [0.5, 0.6) is 0 Å². The molecule has 0 radical (unpaired) electrons. The van der Waals surface area contributed by atoms with Crippen LogP contribution in [0.1, 0.15) is 65.0 Å². The molecule has 11 rings (SSSR count). The van der Waals surface area contributed by atoms with Crippen molar-refractivity contribution < 1.29 is 0 Å². The summed E-state index contributed by atoms with van der Waals surface area (Å²) in [5.41, 5.74) is 13.4. The van der Waals surface area contributed by atoms with Crippen molar-refractivity contribution in [2.24, 2.45) is 32.7 Å². The van der Waals surface area contributed by atoms with Crippen molar-refractivity contribution >= 4 is 46.2 Å². The van der Waals surface area contributed by atoms with Gasteiger partial charge in [0.05, 0.1) is 16.6 Å². The maximum Gasteiger partial charge on any atom is 0.158 e. The molecule has 3 aliphatic heterocycles. The Hall–Kier alpha value is -5.77. The highest BCUT2D eigenvalue weighted by Gasteiger charge is 2.43. The number of hydrogen-bond acceptors (Lipinski definition) is 6. The molecule has 1 aromatic heterocycles. The van der Waals surface area contributed by atoms with E-state index in [-0.39, 0.29) is 30.0 Å². The molecule has 3 aromatic rings. The lowest BCUT2D eigenvalue weighted by Gasteiger charge is -2.36. The van der Waals surface area contributed by atoms with Crippen LogP contribution in [0, 0.1) is 29.6 Å². The predicted molar refractivity (Wildman–Crippen MR) is 233 cm³/mol. The molecule has 0 fully saturated rings. The molecule has 5 atom stereocenters. The van der Waals surface area contributed by atoms with Crippen molar-refractivity contribution in [3.8, 4) is 11.8 Å². The molecule has 0 spiro atoms. The Morgan fingerprint density at radius 1 is 0.875 bits per heavy atom. The van der Waals surface area contributed by atoms with E-state index in [1.165, 1.54) is 60.3 Å². The lowest BCUT2D eigenvalue weighted by Crippen LogP contribution is -2.49. The summed E-state index contributed by atoms with van der Waals surface area (Å²) in [5, 5.41) is 3.90. The molecule has 274 valence electrons. The number of hydrogen-bond donors (Lipinski definition) is 1. The summed E-state index contributed by atoms with van der Waals surface area (Å²) in [5.74, 6) is 8.97. The molecule has 8 aliphatic rings. The minimum absolute atomic E-state index is 0.0668. The normalized spacial score (nSPS) is 26.9. The summed E-state index contributed by atoms with van der Waals surface area (Å²) in [7, 11) is 0. The van der Waals surface area contributed by atoms with E-state index in [9.17, 15) is 0 Å². The number of aliphatic imine (C=N–C) groups is 3. The molecular formula is C50H43N5S. The molecule has 0 saturated heterocycles. The van der Waals surface area contributed by atoms with Crippen LogP contribution in [0.15, 0.2) is 159 Å². The first kappa shape index (κ1) is 33.6. The van der Waals surface area contributed by atoms with Gasteiger partial charge in [0.25, 0.3) is 0 Å². The van der Waals surface area contributed by atoms with E-state index in [0.717, 1.165) is 68.6 Å². The van der Waals surface area contributed by atoms with Crippen LogP contribution in [0.4, 0.5) is 5.69 Å². The van der Waals surface area contributed by atoms with Gasteiger partial charge in [-0.1, -0.05) is 115 Å². The molecule has 56 heavy (non-hydrogen) atoms. The number of nitrogens with zero attached hydrogens (tertiary/aromatic N) is 4. The first-order valence-electron chi connectivity index (χ1n) is 20.3. The standard InChI is InChI=1S/C50H43N5S/c1-5-15-32(16-6-1)36-29-42(50-53-48(33-17-7-2-8-18-33)52-49(54-50)34-19-9-3-10-20-34)45(51-31-36)35-25-26-39-41-28-27-40-38-23-13-14-24-43(38)55(37-21-11-4-12-22-37)46(40)47(41)56-44(39)30-35/h2-5,7-12,15-19,21-23,25-26,31,34-35,42-43,50H,1,6,20,24,27-30H2,(H,52,53,54). The fourth-order valence-electron chi connectivity index (χ4n) is 9.81. The smallest absolute Gasteiger partial charge is 0.158 e. The van der Waals surface area contributed by atoms with Crippen molar-refractivity contribution in [2.75, 3.05) is 4.90 Å². The number of anilines is 1. The summed E-state index contributed by atoms with van der Waals surface area (Å²) in [6.07, 6.45) is 32.7. The highest BCUT2D eigenvalue weighted by atomic mass is 32.1. The topological polar surface area (TPSA) is 52.4 Å². The Morgan fingerprint density at radius 3 is 2.61 bits per heavy atom. The molecule has 0 bridgehead atoms. The zero-order chi connectivity index (χ0) is 37.0. The largest absolute Gasteiger partial charge is 0.351 e. The third-order valence-electron chi connectivity index (χ3n) is 12.5. The number of rotatable bonds is 6. The summed E-state index contributed by atoms with van der Waals surface area (Å²) >= 11 is 2.02. The predicted octanol–water partition coefficient (Wildman–Crippen LogP) is 10.3. The van der Waals surface area contributed by atoms with Gasteiger partial charge in [0, 0.05) is 52.2 Å². The Morgan fingerprint density at radius 2 is 1.77 bits per heavy atom. The maximum absolute atomic E-state index is 5.43. The van der Waals surface area contributed by atoms with Gasteiger partial charge >= 0.3 is 0 Å². The lowest BCUT2D eigenvalue weighted by atomic mass is 9.77. The van der Waals surface area contributed by atoms with Gasteiger partial charge in [-0.05, 0) is 96.6 Å². The average Bonchev–Trinajstić information content (AvgIpc) is 3.83. The fourth-order valence-corrected chi connectivity index (χ4v) is 11.3. The minimum atomic E-state index is -0.191. The van der Waals surface area contributed by atoms with Crippen molar-refractivity contribution in [1.82, 2.24) is 5.32 Å². The number of thiophene rings is 1. The Balaban J connectivity index is 0.967. The van der Waals surface area contributed by atoms with E-state index >= 15 is 0 Å². The molecule has 2 aromatic carbocycles. The van der Waals surface area contributed by atoms with Crippen molar-refractivity contribution in [2.45, 2.75) is 63.6 Å². The summed E-state index contributed by atoms with van der Waals surface area (Å²) in [6.45, 7) is 0. The van der Waals surface area contributed by atoms with Gasteiger partial charge < -0.3 is 10.2 Å². The van der Waals surface area contributed by atoms with Crippen LogP contribution >= 0.6 is 11.3 Å². The second kappa shape index (κ2) is 14.1. The van der Waals surface area contributed by atoms with Gasteiger partial charge in [-0.3, -0.25) is 4.99 Å². The fraction of sp³-hybridized carbons (Fsp3) is 0.260. The SMILES string of the molecule is C1#CCC2C(=C1)C1=C(c3sc4c(c3CC1)C=CC(C1=NC=C(C3=CCCC=C3)CC1C1N=C(c3ccccc3)N=C(C3C=CC=CC3)N1)C4)N2c1ccccc1. The van der Waals surface area contributed by atoms with E-state index in [4.69, 9.17) is 15.0 Å². The highest BCUT2D eigenvalue weighted by molar-refractivity contribution is 7.13. The van der Waals surface area contributed by atoms with Gasteiger partial charge in [-0.2, -0.15) is 0 Å². The molecule has 0 amide bonds. The summed E-state index contributed by atoms with van der Waals surface area (Å²) < 4.78 is 0. The molecule has 1 N–H and O–H groups in total. The first-order chi connectivity index (χ1) is 27.8. The molecule has 4 heterocycles. The number of allylic oxidation sites excluding steroid dienone is 10. The van der Waals surface area contributed by atoms with Gasteiger partial charge in [-0.25, -0.2) is 9.98 Å². The lowest BCUT2D eigenvalue weighted by molar-refractivity contribution is 0.471. The van der Waals surface area contributed by atoms with Crippen molar-refractivity contribution in [3.05, 3.63) is 170 Å². The summed E-state index contributed by atoms with van der Waals surface area (Å²) in [6, 6.07) is 21.7. The van der Waals surface area contributed by atoms with E-state index in [1.54, 1.807) is 0 Å². The zero-order valence-corrected chi connectivity index (χ0v) is 32.2. The van der Waals surface area contributed by atoms with E-state index < -0.39 is 0 Å². The number of fused-ring (bicyclic) bond motifs is 6. The molecule has 0 saturated carbocycles. The number of benzene rings is 2. The second-order valence-electron chi connectivity index (χ2n) is 15.8. The van der Waals surface area contributed by atoms with Crippen LogP contribution in [-0.4, -0.2) is 29.6 Å². The average molecular weight is 746 g/mol. The Bertz CT molecular complexity index is 2540. The van der Waals surface area contributed by atoms with Gasteiger partial charge in [0.2, 0.25) is 0 Å². The monoisotopic (exact) mass is 745 g/mol. The van der Waals surface area contributed by atoms with Gasteiger partial charge in [-0.15, -0.1) is 11.3 Å². The molecule has 5 nitrogen and oxygen atoms in total. The van der Waals surface area contributed by atoms with Crippen molar-refractivity contribution in [3.63, 3.8) is 0 Å². The van der Waals surface area contributed by atoms with E-state index in [2.05, 4.69) is 150 Å². The molecule has 5 aliphatic carbocycles. The summed E-state index contributed by atoms with van der Waals surface area (Å²) in [4.78, 5) is 21.6. The maximum atomic E-state index is 5.43. The van der Waals surface area contributed by atoms with E-state index in [0.29, 0.717) is 0 Å². The van der Waals surface area contributed by atoms with Crippen LogP contribution < -0.4 is 10.2 Å². The van der Waals surface area contributed by atoms with Gasteiger partial charge in [0.1, 0.15) is 12.0 Å². The third-order valence-corrected chi connectivity index (χ3v) is 13.8. The highest BCUT2D eigenvalue weighted by Crippen LogP contribution is 2.53. The molecule has 6 heteroatoms. The van der Waals surface area contributed by atoms with Crippen LogP contribution in [0.25, 0.3) is 11.8 Å². The quantitative estimate of drug-likeness (QED) is 0.256. The molecule has 5 unspecified atom stereocenters. The van der Waals surface area contributed by atoms with Gasteiger partial charge in [0.15, 0.2) is 5.84 Å². The minimum Gasteiger partial charge on any atom is -0.351 e. The third kappa shape index (κ3) is 5.80. The second-order valence-corrected chi connectivity index (χ2v) is 16.9. The Kier molecular flexibility index (Phi) is 8.43. The molecular weight excluding hydrogens is 703 g/mol. The van der Waals surface area contributed by atoms with Crippen LogP contribution in [-0.2, 0) is 12.8 Å². The van der Waals surface area contributed by atoms with Crippen LogP contribution in [0.2, 0.25) is 0 Å². The Labute approximate surface area is 333 Å². The number of amidine groups is 2. The number of para-hydroxylation sites is 1. The first-order valence-corrected chi connectivity index (χ1v) is 21.1.